The molecule has 0 spiro atoms. The van der Waals surface area contributed by atoms with Gasteiger partial charge in [0, 0.05) is 85.4 Å². The number of fused-ring (bicyclic) bond motifs is 1. The van der Waals surface area contributed by atoms with E-state index in [0.717, 1.165) is 39.8 Å². The van der Waals surface area contributed by atoms with Crippen LogP contribution in [0.4, 0.5) is 0 Å². The number of amides is 1. The maximum atomic E-state index is 13.3. The molecular formula is C38H36Cl2N6O5. The summed E-state index contributed by atoms with van der Waals surface area (Å²) < 4.78 is 12.0. The van der Waals surface area contributed by atoms with Crippen LogP contribution >= 0.6 is 23.2 Å². The van der Waals surface area contributed by atoms with E-state index in [4.69, 9.17) is 37.7 Å². The van der Waals surface area contributed by atoms with Gasteiger partial charge in [-0.1, -0.05) is 65.7 Å². The van der Waals surface area contributed by atoms with Crippen molar-refractivity contribution in [2.75, 3.05) is 33.9 Å². The van der Waals surface area contributed by atoms with Crippen molar-refractivity contribution in [2.24, 2.45) is 5.92 Å². The zero-order valence-corrected chi connectivity index (χ0v) is 29.6. The van der Waals surface area contributed by atoms with E-state index in [1.165, 1.54) is 11.5 Å². The predicted octanol–water partition coefficient (Wildman–Crippen LogP) is 5.38. The van der Waals surface area contributed by atoms with E-state index in [1.807, 2.05) is 65.6 Å². The Morgan fingerprint density at radius 1 is 0.961 bits per heavy atom. The smallest absolute Gasteiger partial charge is 0.311 e. The molecule has 3 aromatic heterocycles. The van der Waals surface area contributed by atoms with Crippen molar-refractivity contribution in [1.82, 2.24) is 29.9 Å². The minimum atomic E-state index is -0.231. The van der Waals surface area contributed by atoms with E-state index in [2.05, 4.69) is 15.6 Å². The number of nitrogens with zero attached hydrogens (tertiary/aromatic N) is 4. The van der Waals surface area contributed by atoms with Crippen molar-refractivity contribution in [2.45, 2.75) is 32.0 Å². The molecule has 262 valence electrons. The topological polar surface area (TPSA) is 127 Å². The molecule has 5 heterocycles. The number of aromatic nitrogens is 3. The van der Waals surface area contributed by atoms with Gasteiger partial charge in [0.05, 0.1) is 41.4 Å². The average Bonchev–Trinajstić information content (AvgIpc) is 3.55. The van der Waals surface area contributed by atoms with Crippen molar-refractivity contribution in [3.63, 3.8) is 0 Å². The fourth-order valence-corrected chi connectivity index (χ4v) is 7.35. The predicted molar refractivity (Wildman–Crippen MR) is 196 cm³/mol. The van der Waals surface area contributed by atoms with Crippen LogP contribution in [0.15, 0.2) is 77.9 Å². The third kappa shape index (κ3) is 7.07. The first-order valence-corrected chi connectivity index (χ1v) is 17.4. The Kier molecular flexibility index (Phi) is 10.1. The lowest BCUT2D eigenvalue weighted by molar-refractivity contribution is -0.151. The molecule has 0 radical (unpaired) electrons. The van der Waals surface area contributed by atoms with Gasteiger partial charge in [-0.25, -0.2) is 9.97 Å². The monoisotopic (exact) mass is 726 g/mol. The summed E-state index contributed by atoms with van der Waals surface area (Å²) in [6.07, 6.45) is 4.69. The van der Waals surface area contributed by atoms with E-state index >= 15 is 0 Å². The SMILES string of the molecule is COC(=O)C1CN(Cc2cnc3cc(-c4cccc(-c5cccc(-c6ccc(CNC[C@@H]7CCC(=O)N7)c(OC)n6)c5Cl)c4Cl)ccn3c2=O)C1. The van der Waals surface area contributed by atoms with Crippen molar-refractivity contribution < 1.29 is 19.1 Å². The van der Waals surface area contributed by atoms with Gasteiger partial charge in [-0.05, 0) is 30.2 Å². The lowest BCUT2D eigenvalue weighted by Gasteiger charge is -2.37. The number of rotatable bonds is 11. The highest BCUT2D eigenvalue weighted by atomic mass is 35.5. The first-order valence-electron chi connectivity index (χ1n) is 16.7. The van der Waals surface area contributed by atoms with Gasteiger partial charge in [0.2, 0.25) is 11.8 Å². The summed E-state index contributed by atoms with van der Waals surface area (Å²) >= 11 is 14.2. The molecule has 5 aromatic rings. The maximum Gasteiger partial charge on any atom is 0.311 e. The van der Waals surface area contributed by atoms with Gasteiger partial charge in [0.25, 0.3) is 5.56 Å². The number of hydrogen-bond acceptors (Lipinski definition) is 9. The molecule has 1 amide bonds. The average molecular weight is 728 g/mol. The highest BCUT2D eigenvalue weighted by Gasteiger charge is 2.33. The van der Waals surface area contributed by atoms with E-state index in [0.29, 0.717) is 72.0 Å². The van der Waals surface area contributed by atoms with Gasteiger partial charge < -0.3 is 20.1 Å². The second-order valence-corrected chi connectivity index (χ2v) is 13.5. The first kappa shape index (κ1) is 34.6. The molecule has 1 atom stereocenters. The van der Waals surface area contributed by atoms with Gasteiger partial charge in [-0.2, -0.15) is 0 Å². The van der Waals surface area contributed by atoms with Crippen LogP contribution < -0.4 is 20.9 Å². The third-order valence-electron chi connectivity index (χ3n) is 9.46. The van der Waals surface area contributed by atoms with Crippen LogP contribution in [0.1, 0.15) is 24.0 Å². The zero-order valence-electron chi connectivity index (χ0n) is 28.1. The molecule has 11 nitrogen and oxygen atoms in total. The summed E-state index contributed by atoms with van der Waals surface area (Å²) in [4.78, 5) is 47.9. The lowest BCUT2D eigenvalue weighted by Crippen LogP contribution is -2.50. The second-order valence-electron chi connectivity index (χ2n) is 12.8. The van der Waals surface area contributed by atoms with Gasteiger partial charge in [-0.3, -0.25) is 23.7 Å². The van der Waals surface area contributed by atoms with Crippen molar-refractivity contribution in [1.29, 1.82) is 0 Å². The summed E-state index contributed by atoms with van der Waals surface area (Å²) in [6.45, 7) is 2.71. The van der Waals surface area contributed by atoms with Crippen molar-refractivity contribution in [3.05, 3.63) is 105 Å². The number of methoxy groups -OCH3 is 2. The minimum absolute atomic E-state index is 0.0905. The quantitative estimate of drug-likeness (QED) is 0.173. The minimum Gasteiger partial charge on any atom is -0.481 e. The molecule has 7 rings (SSSR count). The molecule has 0 saturated carbocycles. The number of pyridine rings is 2. The fraction of sp³-hybridized carbons (Fsp3) is 0.289. The number of ether oxygens (including phenoxy) is 2. The molecule has 2 aromatic carbocycles. The second kappa shape index (κ2) is 14.8. The Morgan fingerprint density at radius 3 is 2.39 bits per heavy atom. The molecule has 51 heavy (non-hydrogen) atoms. The summed E-state index contributed by atoms with van der Waals surface area (Å²) in [5.41, 5.74) is 6.19. The summed E-state index contributed by atoms with van der Waals surface area (Å²) in [5.74, 6) is 0.186. The molecule has 13 heteroatoms. The van der Waals surface area contributed by atoms with Crippen LogP contribution in [0, 0.1) is 5.92 Å². The summed E-state index contributed by atoms with van der Waals surface area (Å²) in [6, 6.07) is 19.2. The molecule has 2 aliphatic rings. The highest BCUT2D eigenvalue weighted by molar-refractivity contribution is 6.39. The molecular weight excluding hydrogens is 691 g/mol. The number of nitrogens with one attached hydrogen (secondary N) is 2. The molecule has 2 saturated heterocycles. The Labute approximate surface area is 304 Å². The standard InChI is InChI=1S/C38H36Cl2N6O5/c1-50-36-23(16-41-18-26-10-12-33(47)43-26)9-11-31(44-36)30-8-4-7-29(35(30)40)28-6-3-5-27(34(28)39)22-13-14-46-32(15-22)42-17-24(37(46)48)19-45-20-25(21-45)38(49)51-2/h3-9,11,13-15,17,25-26,41H,10,12,16,18-21H2,1-2H3,(H,43,47)/t26-/m0/s1. The van der Waals surface area contributed by atoms with Crippen LogP contribution in [-0.4, -0.2) is 71.0 Å². The van der Waals surface area contributed by atoms with Gasteiger partial charge >= 0.3 is 5.97 Å². The molecule has 0 bridgehead atoms. The van der Waals surface area contributed by atoms with E-state index < -0.39 is 0 Å². The zero-order chi connectivity index (χ0) is 35.6. The maximum absolute atomic E-state index is 13.3. The molecule has 0 unspecified atom stereocenters. The number of carbonyl (C=O) groups excluding carboxylic acids is 2. The number of likely N-dealkylation sites (tertiary alicyclic amines) is 1. The van der Waals surface area contributed by atoms with Crippen molar-refractivity contribution in [3.8, 4) is 39.4 Å². The van der Waals surface area contributed by atoms with Crippen molar-refractivity contribution >= 4 is 40.7 Å². The van der Waals surface area contributed by atoms with Gasteiger partial charge in [-0.15, -0.1) is 0 Å². The molecule has 2 aliphatic heterocycles. The third-order valence-corrected chi connectivity index (χ3v) is 10.3. The first-order chi connectivity index (χ1) is 24.7. The normalized spacial score (nSPS) is 16.2. The Bertz CT molecular complexity index is 2200. The Morgan fingerprint density at radius 2 is 1.69 bits per heavy atom. The van der Waals surface area contributed by atoms with Crippen LogP contribution in [0.25, 0.3) is 39.2 Å². The number of esters is 1. The van der Waals surface area contributed by atoms with E-state index in [1.54, 1.807) is 19.5 Å². The summed E-state index contributed by atoms with van der Waals surface area (Å²) in [7, 11) is 2.97. The number of carbonyl (C=O) groups is 2. The Balaban J connectivity index is 1.11. The van der Waals surface area contributed by atoms with Crippen LogP contribution in [0.5, 0.6) is 5.88 Å². The largest absolute Gasteiger partial charge is 0.481 e. The van der Waals surface area contributed by atoms with Gasteiger partial charge in [0.15, 0.2) is 0 Å². The number of benzene rings is 2. The van der Waals surface area contributed by atoms with Crippen LogP contribution in [0.2, 0.25) is 10.0 Å². The molecule has 2 fully saturated rings. The fourth-order valence-electron chi connectivity index (χ4n) is 6.69. The molecule has 2 N–H and O–H groups in total. The molecule has 0 aliphatic carbocycles. The highest BCUT2D eigenvalue weighted by Crippen LogP contribution is 2.42. The summed E-state index contributed by atoms with van der Waals surface area (Å²) in [5, 5.41) is 7.35. The van der Waals surface area contributed by atoms with Crippen LogP contribution in [-0.2, 0) is 27.4 Å². The number of hydrogen-bond donors (Lipinski definition) is 2. The van der Waals surface area contributed by atoms with E-state index in [9.17, 15) is 14.4 Å². The van der Waals surface area contributed by atoms with Gasteiger partial charge in [0.1, 0.15) is 5.65 Å². The Hall–Kier alpha value is -4.81. The lowest BCUT2D eigenvalue weighted by atomic mass is 9.97. The number of halogens is 2. The van der Waals surface area contributed by atoms with Crippen LogP contribution in [0.3, 0.4) is 0 Å². The van der Waals surface area contributed by atoms with E-state index in [-0.39, 0.29) is 29.4 Å².